The Morgan fingerprint density at radius 3 is 2.89 bits per heavy atom. The fourth-order valence-electron chi connectivity index (χ4n) is 1.39. The molecule has 2 aromatic heterocycles. The van der Waals surface area contributed by atoms with Crippen molar-refractivity contribution in [3.63, 3.8) is 0 Å². The number of nitrogens with zero attached hydrogens (tertiary/aromatic N) is 3. The maximum Gasteiger partial charge on any atom is 0.346 e. The summed E-state index contributed by atoms with van der Waals surface area (Å²) in [7, 11) is 0. The number of aromatic carboxylic acids is 1. The van der Waals surface area contributed by atoms with Crippen LogP contribution < -0.4 is 5.32 Å². The number of hydrogen-bond acceptors (Lipinski definition) is 5. The smallest absolute Gasteiger partial charge is 0.346 e. The number of rotatable bonds is 4. The Hall–Kier alpha value is -2.22. The van der Waals surface area contributed by atoms with E-state index in [9.17, 15) is 9.59 Å². The Kier molecular flexibility index (Phi) is 3.38. The molecule has 0 aliphatic rings. The third-order valence-corrected chi connectivity index (χ3v) is 3.29. The van der Waals surface area contributed by atoms with E-state index in [2.05, 4.69) is 15.4 Å². The number of amides is 1. The van der Waals surface area contributed by atoms with Gasteiger partial charge in [0, 0.05) is 0 Å². The van der Waals surface area contributed by atoms with Crippen molar-refractivity contribution in [1.29, 1.82) is 0 Å². The number of carboxylic acid groups (broad SMARTS) is 1. The average molecular weight is 266 g/mol. The first-order valence-electron chi connectivity index (χ1n) is 5.02. The Balaban J connectivity index is 2.03. The first-order valence-corrected chi connectivity index (χ1v) is 5.84. The van der Waals surface area contributed by atoms with Crippen molar-refractivity contribution in [3.05, 3.63) is 29.2 Å². The van der Waals surface area contributed by atoms with Crippen LogP contribution in [-0.2, 0) is 11.3 Å². The highest BCUT2D eigenvalue weighted by molar-refractivity contribution is 7.18. The molecule has 0 spiro atoms. The molecule has 0 unspecified atom stereocenters. The third kappa shape index (κ3) is 2.72. The number of nitrogens with one attached hydrogen (secondary N) is 1. The second kappa shape index (κ2) is 4.96. The van der Waals surface area contributed by atoms with Crippen molar-refractivity contribution in [2.45, 2.75) is 13.5 Å². The van der Waals surface area contributed by atoms with Crippen LogP contribution in [0.2, 0.25) is 0 Å². The van der Waals surface area contributed by atoms with Crippen molar-refractivity contribution in [1.82, 2.24) is 14.8 Å². The van der Waals surface area contributed by atoms with E-state index in [0.29, 0.717) is 10.6 Å². The van der Waals surface area contributed by atoms with Gasteiger partial charge in [-0.15, -0.1) is 11.3 Å². The number of carbonyl (C=O) groups is 2. The number of anilines is 1. The minimum Gasteiger partial charge on any atom is -0.477 e. The van der Waals surface area contributed by atoms with Crippen LogP contribution in [0.3, 0.4) is 0 Å². The van der Waals surface area contributed by atoms with E-state index in [1.165, 1.54) is 17.3 Å². The molecule has 7 nitrogen and oxygen atoms in total. The van der Waals surface area contributed by atoms with Gasteiger partial charge in [-0.2, -0.15) is 5.10 Å². The predicted molar refractivity (Wildman–Crippen MR) is 64.7 cm³/mol. The molecule has 0 aliphatic heterocycles. The van der Waals surface area contributed by atoms with Crippen LogP contribution >= 0.6 is 11.3 Å². The summed E-state index contributed by atoms with van der Waals surface area (Å²) in [6, 6.07) is 1.63. The van der Waals surface area contributed by atoms with E-state index in [4.69, 9.17) is 5.11 Å². The number of thiophene rings is 1. The van der Waals surface area contributed by atoms with Gasteiger partial charge in [0.2, 0.25) is 5.91 Å². The lowest BCUT2D eigenvalue weighted by Gasteiger charge is -2.01. The Morgan fingerprint density at radius 1 is 1.56 bits per heavy atom. The second-order valence-electron chi connectivity index (χ2n) is 3.57. The molecule has 18 heavy (non-hydrogen) atoms. The zero-order valence-corrected chi connectivity index (χ0v) is 10.3. The standard InChI is InChI=1S/C10H10N4O3S/c1-6-2-8(18-9(6)10(16)17)13-7(15)3-14-5-11-4-12-14/h2,4-5H,3H2,1H3,(H,13,15)(H,16,17). The molecule has 8 heteroatoms. The average Bonchev–Trinajstić information content (AvgIpc) is 2.88. The topological polar surface area (TPSA) is 97.1 Å². The van der Waals surface area contributed by atoms with Crippen LogP contribution in [0.15, 0.2) is 18.7 Å². The summed E-state index contributed by atoms with van der Waals surface area (Å²) in [6.45, 7) is 1.73. The zero-order valence-electron chi connectivity index (χ0n) is 9.45. The van der Waals surface area contributed by atoms with Crippen LogP contribution in [-0.4, -0.2) is 31.7 Å². The molecule has 0 aromatic carbocycles. The SMILES string of the molecule is Cc1cc(NC(=O)Cn2cncn2)sc1C(=O)O. The third-order valence-electron chi connectivity index (χ3n) is 2.15. The van der Waals surface area contributed by atoms with Crippen LogP contribution in [0.5, 0.6) is 0 Å². The summed E-state index contributed by atoms with van der Waals surface area (Å²) in [6.07, 6.45) is 2.77. The fourth-order valence-corrected chi connectivity index (χ4v) is 2.32. The molecular weight excluding hydrogens is 256 g/mol. The molecule has 0 aliphatic carbocycles. The number of hydrogen-bond donors (Lipinski definition) is 2. The molecule has 0 atom stereocenters. The minimum atomic E-state index is -0.991. The monoisotopic (exact) mass is 266 g/mol. The number of aryl methyl sites for hydroxylation is 1. The van der Waals surface area contributed by atoms with Crippen molar-refractivity contribution in [2.75, 3.05) is 5.32 Å². The molecule has 94 valence electrons. The van der Waals surface area contributed by atoms with Crippen molar-refractivity contribution in [3.8, 4) is 0 Å². The molecule has 0 saturated carbocycles. The zero-order chi connectivity index (χ0) is 13.1. The molecule has 0 fully saturated rings. The van der Waals surface area contributed by atoms with Gasteiger partial charge < -0.3 is 10.4 Å². The number of carbonyl (C=O) groups excluding carboxylic acids is 1. The van der Waals surface area contributed by atoms with Gasteiger partial charge in [0.05, 0.1) is 5.00 Å². The van der Waals surface area contributed by atoms with E-state index in [1.54, 1.807) is 13.0 Å². The summed E-state index contributed by atoms with van der Waals surface area (Å²) in [4.78, 5) is 26.4. The highest BCUT2D eigenvalue weighted by Gasteiger charge is 2.13. The van der Waals surface area contributed by atoms with Gasteiger partial charge in [0.1, 0.15) is 24.1 Å². The Bertz CT molecular complexity index is 576. The lowest BCUT2D eigenvalue weighted by molar-refractivity contribution is -0.116. The molecule has 1 amide bonds. The summed E-state index contributed by atoms with van der Waals surface area (Å²) in [5.41, 5.74) is 0.628. The summed E-state index contributed by atoms with van der Waals surface area (Å²) < 4.78 is 1.38. The molecular formula is C10H10N4O3S. The fraction of sp³-hybridized carbons (Fsp3) is 0.200. The predicted octanol–water partition coefficient (Wildman–Crippen LogP) is 0.985. The largest absolute Gasteiger partial charge is 0.477 e. The Morgan fingerprint density at radius 2 is 2.33 bits per heavy atom. The minimum absolute atomic E-state index is 0.0410. The van der Waals surface area contributed by atoms with Crippen LogP contribution in [0.4, 0.5) is 5.00 Å². The molecule has 2 N–H and O–H groups in total. The summed E-state index contributed by atoms with van der Waals surface area (Å²) in [5.74, 6) is -1.27. The van der Waals surface area contributed by atoms with Crippen molar-refractivity contribution < 1.29 is 14.7 Å². The van der Waals surface area contributed by atoms with Crippen molar-refractivity contribution in [2.24, 2.45) is 0 Å². The van der Waals surface area contributed by atoms with Gasteiger partial charge in [-0.25, -0.2) is 14.5 Å². The molecule has 2 heterocycles. The van der Waals surface area contributed by atoms with E-state index in [1.807, 2.05) is 0 Å². The number of aromatic nitrogens is 3. The number of carboxylic acids is 1. The Labute approximate surface area is 106 Å². The lowest BCUT2D eigenvalue weighted by Crippen LogP contribution is -2.18. The van der Waals surface area contributed by atoms with Gasteiger partial charge >= 0.3 is 5.97 Å². The first-order chi connectivity index (χ1) is 8.56. The quantitative estimate of drug-likeness (QED) is 0.860. The van der Waals surface area contributed by atoms with Gasteiger partial charge in [-0.3, -0.25) is 4.79 Å². The van der Waals surface area contributed by atoms with Gasteiger partial charge in [-0.05, 0) is 18.6 Å². The lowest BCUT2D eigenvalue weighted by atomic mass is 10.3. The summed E-state index contributed by atoms with van der Waals surface area (Å²) >= 11 is 1.03. The first kappa shape index (κ1) is 12.2. The normalized spacial score (nSPS) is 10.3. The molecule has 0 bridgehead atoms. The molecule has 2 aromatic rings. The van der Waals surface area contributed by atoms with Crippen molar-refractivity contribution >= 4 is 28.2 Å². The van der Waals surface area contributed by atoms with Crippen LogP contribution in [0.1, 0.15) is 15.2 Å². The highest BCUT2D eigenvalue weighted by atomic mass is 32.1. The van der Waals surface area contributed by atoms with Crippen LogP contribution in [0.25, 0.3) is 0 Å². The maximum atomic E-state index is 11.6. The van der Waals surface area contributed by atoms with E-state index >= 15 is 0 Å². The molecule has 0 radical (unpaired) electrons. The van der Waals surface area contributed by atoms with E-state index in [0.717, 1.165) is 11.3 Å². The van der Waals surface area contributed by atoms with E-state index < -0.39 is 5.97 Å². The summed E-state index contributed by atoms with van der Waals surface area (Å²) in [5, 5.41) is 15.8. The van der Waals surface area contributed by atoms with E-state index in [-0.39, 0.29) is 17.3 Å². The maximum absolute atomic E-state index is 11.6. The molecule has 2 rings (SSSR count). The highest BCUT2D eigenvalue weighted by Crippen LogP contribution is 2.26. The second-order valence-corrected chi connectivity index (χ2v) is 4.62. The van der Waals surface area contributed by atoms with Gasteiger partial charge in [0.25, 0.3) is 0 Å². The molecule has 0 saturated heterocycles. The van der Waals surface area contributed by atoms with Crippen LogP contribution in [0, 0.1) is 6.92 Å². The van der Waals surface area contributed by atoms with Gasteiger partial charge in [-0.1, -0.05) is 0 Å². The van der Waals surface area contributed by atoms with Gasteiger partial charge in [0.15, 0.2) is 0 Å².